The Balaban J connectivity index is 1.49. The second-order valence-corrected chi connectivity index (χ2v) is 5.67. The van der Waals surface area contributed by atoms with Gasteiger partial charge in [0.2, 0.25) is 0 Å². The number of hydrogen-bond donors (Lipinski definition) is 1. The summed E-state index contributed by atoms with van der Waals surface area (Å²) in [6.45, 7) is 2.01. The summed E-state index contributed by atoms with van der Waals surface area (Å²) in [5.74, 6) is 1.65. The Morgan fingerprint density at radius 3 is 2.52 bits per heavy atom. The van der Waals surface area contributed by atoms with Gasteiger partial charge in [0.15, 0.2) is 0 Å². The van der Waals surface area contributed by atoms with Crippen LogP contribution in [0.5, 0.6) is 11.5 Å². The van der Waals surface area contributed by atoms with E-state index in [1.165, 1.54) is 0 Å². The van der Waals surface area contributed by atoms with Gasteiger partial charge in [0.05, 0.1) is 12.2 Å². The number of hydrogen-bond acceptors (Lipinski definition) is 4. The summed E-state index contributed by atoms with van der Waals surface area (Å²) in [4.78, 5) is 0. The van der Waals surface area contributed by atoms with Crippen LogP contribution in [-0.4, -0.2) is 28.1 Å². The summed E-state index contributed by atoms with van der Waals surface area (Å²) in [5.41, 5.74) is 1.94. The van der Waals surface area contributed by atoms with E-state index in [1.807, 2.05) is 65.5 Å². The van der Waals surface area contributed by atoms with Crippen molar-refractivity contribution in [3.05, 3.63) is 60.8 Å². The molecule has 0 saturated carbocycles. The lowest BCUT2D eigenvalue weighted by molar-refractivity contribution is 0.476. The minimum atomic E-state index is 0.414. The van der Waals surface area contributed by atoms with Crippen molar-refractivity contribution in [3.63, 3.8) is 0 Å². The molecule has 1 fully saturated rings. The average molecular weight is 306 g/mol. The van der Waals surface area contributed by atoms with E-state index < -0.39 is 0 Å². The topological polar surface area (TPSA) is 52.0 Å². The molecule has 1 N–H and O–H groups in total. The second kappa shape index (κ2) is 6.22. The van der Waals surface area contributed by atoms with Gasteiger partial charge in [0.1, 0.15) is 17.2 Å². The van der Waals surface area contributed by atoms with Crippen LogP contribution in [0.4, 0.5) is 0 Å². The van der Waals surface area contributed by atoms with E-state index in [0.717, 1.165) is 42.3 Å². The van der Waals surface area contributed by atoms with Gasteiger partial charge in [-0.2, -0.15) is 0 Å². The fraction of sp³-hybridized carbons (Fsp3) is 0.222. The third-order valence-corrected chi connectivity index (χ3v) is 4.05. The predicted octanol–water partition coefficient (Wildman–Crippen LogP) is 3.27. The summed E-state index contributed by atoms with van der Waals surface area (Å²) in [6.07, 6.45) is 3.12. The van der Waals surface area contributed by atoms with Crippen LogP contribution in [0.25, 0.3) is 11.3 Å². The fourth-order valence-electron chi connectivity index (χ4n) is 2.77. The van der Waals surface area contributed by atoms with Crippen LogP contribution in [0.2, 0.25) is 0 Å². The summed E-state index contributed by atoms with van der Waals surface area (Å²) in [6, 6.07) is 18.1. The minimum absolute atomic E-state index is 0.414. The highest BCUT2D eigenvalue weighted by atomic mass is 16.5. The monoisotopic (exact) mass is 306 g/mol. The highest BCUT2D eigenvalue weighted by Crippen LogP contribution is 2.25. The highest BCUT2D eigenvalue weighted by molar-refractivity contribution is 5.58. The van der Waals surface area contributed by atoms with Gasteiger partial charge in [-0.15, -0.1) is 5.10 Å². The van der Waals surface area contributed by atoms with Crippen LogP contribution in [0.1, 0.15) is 12.5 Å². The first kappa shape index (κ1) is 14.0. The molecule has 0 unspecified atom stereocenters. The lowest BCUT2D eigenvalue weighted by Gasteiger charge is -2.06. The molecule has 0 bridgehead atoms. The van der Waals surface area contributed by atoms with E-state index in [9.17, 15) is 0 Å². The van der Waals surface area contributed by atoms with Gasteiger partial charge < -0.3 is 10.1 Å². The molecule has 1 aliphatic rings. The first-order valence-electron chi connectivity index (χ1n) is 7.84. The summed E-state index contributed by atoms with van der Waals surface area (Å²) in [5, 5.41) is 11.9. The molecule has 0 radical (unpaired) electrons. The van der Waals surface area contributed by atoms with Crippen molar-refractivity contribution in [2.24, 2.45) is 0 Å². The molecular formula is C18H18N4O. The Labute approximate surface area is 134 Å². The highest BCUT2D eigenvalue weighted by Gasteiger charge is 2.18. The van der Waals surface area contributed by atoms with Crippen molar-refractivity contribution in [3.8, 4) is 22.8 Å². The number of rotatable bonds is 4. The Morgan fingerprint density at radius 1 is 1.00 bits per heavy atom. The maximum absolute atomic E-state index is 5.81. The molecule has 5 nitrogen and oxygen atoms in total. The van der Waals surface area contributed by atoms with Crippen molar-refractivity contribution >= 4 is 0 Å². The molecule has 2 heterocycles. The van der Waals surface area contributed by atoms with Gasteiger partial charge in [-0.1, -0.05) is 23.4 Å². The van der Waals surface area contributed by atoms with Gasteiger partial charge in [-0.25, -0.2) is 4.68 Å². The smallest absolute Gasteiger partial charge is 0.127 e. The molecule has 116 valence electrons. The van der Waals surface area contributed by atoms with Gasteiger partial charge in [-0.3, -0.25) is 0 Å². The van der Waals surface area contributed by atoms with E-state index >= 15 is 0 Å². The average Bonchev–Trinajstić information content (AvgIpc) is 3.28. The van der Waals surface area contributed by atoms with Gasteiger partial charge in [-0.05, 0) is 49.4 Å². The summed E-state index contributed by atoms with van der Waals surface area (Å²) in [7, 11) is 0. The zero-order valence-electron chi connectivity index (χ0n) is 12.7. The molecule has 3 aromatic rings. The molecule has 2 aromatic carbocycles. The molecule has 4 rings (SSSR count). The first-order chi connectivity index (χ1) is 11.4. The normalized spacial score (nSPS) is 17.3. The van der Waals surface area contributed by atoms with Crippen LogP contribution >= 0.6 is 0 Å². The van der Waals surface area contributed by atoms with Crippen molar-refractivity contribution in [2.45, 2.75) is 12.5 Å². The maximum Gasteiger partial charge on any atom is 0.127 e. The van der Waals surface area contributed by atoms with E-state index in [2.05, 4.69) is 15.6 Å². The van der Waals surface area contributed by atoms with Crippen molar-refractivity contribution in [1.82, 2.24) is 20.3 Å². The number of benzene rings is 2. The fourth-order valence-corrected chi connectivity index (χ4v) is 2.77. The van der Waals surface area contributed by atoms with E-state index in [4.69, 9.17) is 4.74 Å². The molecule has 1 aliphatic heterocycles. The van der Waals surface area contributed by atoms with Crippen molar-refractivity contribution < 1.29 is 4.74 Å². The summed E-state index contributed by atoms with van der Waals surface area (Å²) < 4.78 is 7.77. The number of para-hydroxylation sites is 1. The Morgan fingerprint density at radius 2 is 1.78 bits per heavy atom. The third-order valence-electron chi connectivity index (χ3n) is 4.05. The molecule has 5 heteroatoms. The van der Waals surface area contributed by atoms with Gasteiger partial charge >= 0.3 is 0 Å². The molecule has 0 aliphatic carbocycles. The number of nitrogens with zero attached hydrogens (tertiary/aromatic N) is 3. The van der Waals surface area contributed by atoms with E-state index in [-0.39, 0.29) is 0 Å². The first-order valence-corrected chi connectivity index (χ1v) is 7.84. The molecule has 0 amide bonds. The van der Waals surface area contributed by atoms with Crippen LogP contribution in [-0.2, 0) is 0 Å². The largest absolute Gasteiger partial charge is 0.457 e. The molecule has 1 atom stereocenters. The van der Waals surface area contributed by atoms with Crippen LogP contribution < -0.4 is 10.1 Å². The molecule has 0 spiro atoms. The van der Waals surface area contributed by atoms with Crippen LogP contribution in [0, 0.1) is 0 Å². The quantitative estimate of drug-likeness (QED) is 0.804. The second-order valence-electron chi connectivity index (χ2n) is 5.67. The molecular weight excluding hydrogens is 288 g/mol. The summed E-state index contributed by atoms with van der Waals surface area (Å²) >= 11 is 0. The van der Waals surface area contributed by atoms with Gasteiger partial charge in [0.25, 0.3) is 0 Å². The number of ether oxygens (including phenoxy) is 1. The zero-order valence-corrected chi connectivity index (χ0v) is 12.7. The van der Waals surface area contributed by atoms with Crippen molar-refractivity contribution in [2.75, 3.05) is 13.1 Å². The number of aromatic nitrogens is 3. The Bertz CT molecular complexity index is 761. The van der Waals surface area contributed by atoms with Crippen molar-refractivity contribution in [1.29, 1.82) is 0 Å². The lowest BCUT2D eigenvalue weighted by Crippen LogP contribution is -2.13. The maximum atomic E-state index is 5.81. The third kappa shape index (κ3) is 3.10. The molecule has 23 heavy (non-hydrogen) atoms. The van der Waals surface area contributed by atoms with E-state index in [1.54, 1.807) is 0 Å². The lowest BCUT2D eigenvalue weighted by atomic mass is 10.1. The number of nitrogens with one attached hydrogen (secondary N) is 1. The predicted molar refractivity (Wildman–Crippen MR) is 88.5 cm³/mol. The van der Waals surface area contributed by atoms with Crippen LogP contribution in [0.3, 0.4) is 0 Å². The SMILES string of the molecule is c1ccc(Oc2ccc(-c3cn([C@@H]4CCNC4)nn3)cc2)cc1. The molecule has 1 saturated heterocycles. The zero-order chi connectivity index (χ0) is 15.5. The van der Waals surface area contributed by atoms with Crippen LogP contribution in [0.15, 0.2) is 60.8 Å². The minimum Gasteiger partial charge on any atom is -0.457 e. The van der Waals surface area contributed by atoms with E-state index in [0.29, 0.717) is 6.04 Å². The molecule has 1 aromatic heterocycles. The Hall–Kier alpha value is -2.66. The Kier molecular flexibility index (Phi) is 3.78. The standard InChI is InChI=1S/C18H18N4O/c1-2-4-16(5-3-1)23-17-8-6-14(7-9-17)18-13-22(21-20-18)15-10-11-19-12-15/h1-9,13,15,19H,10-12H2/t15-/m1/s1. The van der Waals surface area contributed by atoms with Gasteiger partial charge in [0, 0.05) is 12.1 Å².